The smallest absolute Gasteiger partial charge is 0.218 e. The summed E-state index contributed by atoms with van der Waals surface area (Å²) in [5.74, 6) is 1.99. The van der Waals surface area contributed by atoms with Crippen molar-refractivity contribution in [1.29, 1.82) is 0 Å². The van der Waals surface area contributed by atoms with Gasteiger partial charge in [0.2, 0.25) is 5.88 Å². The maximum atomic E-state index is 5.38. The predicted molar refractivity (Wildman–Crippen MR) is 70.1 cm³/mol. The van der Waals surface area contributed by atoms with Crippen LogP contribution in [0.4, 0.5) is 5.82 Å². The normalized spacial score (nSPS) is 12.1. The molecule has 0 fully saturated rings. The molecule has 0 aromatic carbocycles. The van der Waals surface area contributed by atoms with Crippen molar-refractivity contribution in [3.63, 3.8) is 0 Å². The highest BCUT2D eigenvalue weighted by atomic mass is 16.5. The van der Waals surface area contributed by atoms with Crippen molar-refractivity contribution in [1.82, 2.24) is 9.97 Å². The van der Waals surface area contributed by atoms with Crippen LogP contribution in [0.25, 0.3) is 0 Å². The number of rotatable bonds is 7. The number of aromatic nitrogens is 2. The molecule has 1 atom stereocenters. The second kappa shape index (κ2) is 6.75. The minimum absolute atomic E-state index is 0.107. The third-order valence-corrected chi connectivity index (χ3v) is 2.48. The second-order valence-electron chi connectivity index (χ2n) is 3.84. The average Bonchev–Trinajstić information content (AvgIpc) is 2.93. The average molecular weight is 263 g/mol. The van der Waals surface area contributed by atoms with Crippen molar-refractivity contribution in [2.75, 3.05) is 25.6 Å². The summed E-state index contributed by atoms with van der Waals surface area (Å²) in [7, 11) is 1.64. The molecule has 6 nitrogen and oxygen atoms in total. The van der Waals surface area contributed by atoms with Crippen LogP contribution in [0, 0.1) is 0 Å². The van der Waals surface area contributed by atoms with Crippen LogP contribution in [0.5, 0.6) is 5.88 Å². The van der Waals surface area contributed by atoms with Gasteiger partial charge in [0.05, 0.1) is 19.5 Å². The number of furan rings is 1. The first kappa shape index (κ1) is 13.4. The molecular weight excluding hydrogens is 246 g/mol. The first-order valence-electron chi connectivity index (χ1n) is 6.07. The van der Waals surface area contributed by atoms with Crippen molar-refractivity contribution in [3.05, 3.63) is 36.5 Å². The molecule has 2 heterocycles. The van der Waals surface area contributed by atoms with Gasteiger partial charge in [-0.1, -0.05) is 0 Å². The molecule has 102 valence electrons. The van der Waals surface area contributed by atoms with E-state index in [1.165, 1.54) is 6.33 Å². The Kier molecular flexibility index (Phi) is 4.74. The van der Waals surface area contributed by atoms with E-state index in [-0.39, 0.29) is 6.04 Å². The summed E-state index contributed by atoms with van der Waals surface area (Å²) < 4.78 is 15.9. The van der Waals surface area contributed by atoms with Crippen LogP contribution in [0.15, 0.2) is 35.2 Å². The number of ether oxygens (including phenoxy) is 2. The largest absolute Gasteiger partial charge is 0.478 e. The van der Waals surface area contributed by atoms with Gasteiger partial charge in [0.25, 0.3) is 0 Å². The molecule has 0 amide bonds. The topological polar surface area (TPSA) is 69.4 Å². The van der Waals surface area contributed by atoms with E-state index in [2.05, 4.69) is 15.3 Å². The number of hydrogen-bond donors (Lipinski definition) is 1. The molecule has 19 heavy (non-hydrogen) atoms. The van der Waals surface area contributed by atoms with Crippen molar-refractivity contribution >= 4 is 5.82 Å². The second-order valence-corrected chi connectivity index (χ2v) is 3.84. The Morgan fingerprint density at radius 1 is 1.42 bits per heavy atom. The Hall–Kier alpha value is -2.08. The van der Waals surface area contributed by atoms with Crippen molar-refractivity contribution in [2.45, 2.75) is 13.0 Å². The lowest BCUT2D eigenvalue weighted by molar-refractivity contribution is 0.178. The molecule has 1 unspecified atom stereocenters. The van der Waals surface area contributed by atoms with Crippen LogP contribution in [-0.4, -0.2) is 30.3 Å². The summed E-state index contributed by atoms with van der Waals surface area (Å²) in [5, 5.41) is 3.23. The highest BCUT2D eigenvalue weighted by molar-refractivity contribution is 5.39. The number of methoxy groups -OCH3 is 1. The van der Waals surface area contributed by atoms with Crippen LogP contribution in [0.2, 0.25) is 0 Å². The van der Waals surface area contributed by atoms with Gasteiger partial charge < -0.3 is 19.2 Å². The van der Waals surface area contributed by atoms with Gasteiger partial charge in [-0.3, -0.25) is 0 Å². The molecule has 0 aliphatic carbocycles. The molecule has 0 saturated carbocycles. The summed E-state index contributed by atoms with van der Waals surface area (Å²) in [6.07, 6.45) is 3.09. The molecule has 6 heteroatoms. The first-order chi connectivity index (χ1) is 9.33. The van der Waals surface area contributed by atoms with Crippen molar-refractivity contribution in [3.8, 4) is 5.88 Å². The lowest BCUT2D eigenvalue weighted by Gasteiger charge is -2.16. The van der Waals surface area contributed by atoms with Gasteiger partial charge in [-0.2, -0.15) is 0 Å². The zero-order valence-corrected chi connectivity index (χ0v) is 11.0. The fourth-order valence-electron chi connectivity index (χ4n) is 1.67. The third kappa shape index (κ3) is 3.69. The molecule has 0 radical (unpaired) electrons. The summed E-state index contributed by atoms with van der Waals surface area (Å²) >= 11 is 0. The maximum Gasteiger partial charge on any atom is 0.218 e. The van der Waals surface area contributed by atoms with Crippen LogP contribution >= 0.6 is 0 Å². The van der Waals surface area contributed by atoms with Crippen LogP contribution < -0.4 is 10.1 Å². The Morgan fingerprint density at radius 2 is 2.32 bits per heavy atom. The first-order valence-corrected chi connectivity index (χ1v) is 6.07. The van der Waals surface area contributed by atoms with E-state index in [4.69, 9.17) is 13.9 Å². The van der Waals surface area contributed by atoms with E-state index in [0.717, 1.165) is 5.76 Å². The summed E-state index contributed by atoms with van der Waals surface area (Å²) in [4.78, 5) is 8.17. The number of nitrogens with one attached hydrogen (secondary N) is 1. The minimum Gasteiger partial charge on any atom is -0.478 e. The summed E-state index contributed by atoms with van der Waals surface area (Å²) in [6.45, 7) is 2.95. The Balaban J connectivity index is 2.10. The SMILES string of the molecule is CCOc1cc(NC(COC)c2ccco2)ncn1. The van der Waals surface area contributed by atoms with Gasteiger partial charge in [0.1, 0.15) is 23.9 Å². The van der Waals surface area contributed by atoms with E-state index in [0.29, 0.717) is 24.9 Å². The molecule has 2 aromatic rings. The minimum atomic E-state index is -0.107. The van der Waals surface area contributed by atoms with Gasteiger partial charge in [-0.05, 0) is 19.1 Å². The standard InChI is InChI=1S/C13H17N3O3/c1-3-18-13-7-12(14-9-15-13)16-10(8-17-2)11-5-4-6-19-11/h4-7,9-10H,3,8H2,1-2H3,(H,14,15,16). The molecule has 0 spiro atoms. The van der Waals surface area contributed by atoms with E-state index in [1.807, 2.05) is 19.1 Å². The zero-order chi connectivity index (χ0) is 13.5. The zero-order valence-electron chi connectivity index (χ0n) is 11.0. The molecule has 2 rings (SSSR count). The van der Waals surface area contributed by atoms with Crippen LogP contribution in [-0.2, 0) is 4.74 Å². The predicted octanol–water partition coefficient (Wildman–Crippen LogP) is 2.27. The molecule has 0 bridgehead atoms. The van der Waals surface area contributed by atoms with Gasteiger partial charge in [0, 0.05) is 13.2 Å². The summed E-state index contributed by atoms with van der Waals surface area (Å²) in [5.41, 5.74) is 0. The number of hydrogen-bond acceptors (Lipinski definition) is 6. The monoisotopic (exact) mass is 263 g/mol. The Bertz CT molecular complexity index is 488. The molecule has 0 aliphatic rings. The highest BCUT2D eigenvalue weighted by Crippen LogP contribution is 2.20. The molecule has 0 saturated heterocycles. The molecule has 2 aromatic heterocycles. The van der Waals surface area contributed by atoms with Gasteiger partial charge in [0.15, 0.2) is 0 Å². The third-order valence-electron chi connectivity index (χ3n) is 2.48. The van der Waals surface area contributed by atoms with E-state index < -0.39 is 0 Å². The Labute approximate surface area is 111 Å². The van der Waals surface area contributed by atoms with Gasteiger partial charge in [-0.25, -0.2) is 9.97 Å². The summed E-state index contributed by atoms with van der Waals surface area (Å²) in [6, 6.07) is 5.37. The number of anilines is 1. The lowest BCUT2D eigenvalue weighted by atomic mass is 10.2. The quantitative estimate of drug-likeness (QED) is 0.826. The fraction of sp³-hybridized carbons (Fsp3) is 0.385. The van der Waals surface area contributed by atoms with E-state index >= 15 is 0 Å². The maximum absolute atomic E-state index is 5.38. The molecular formula is C13H17N3O3. The van der Waals surface area contributed by atoms with Crippen LogP contribution in [0.1, 0.15) is 18.7 Å². The lowest BCUT2D eigenvalue weighted by Crippen LogP contribution is -2.16. The fourth-order valence-corrected chi connectivity index (χ4v) is 1.67. The van der Waals surface area contributed by atoms with Gasteiger partial charge >= 0.3 is 0 Å². The van der Waals surface area contributed by atoms with Crippen molar-refractivity contribution in [2.24, 2.45) is 0 Å². The van der Waals surface area contributed by atoms with Crippen LogP contribution in [0.3, 0.4) is 0 Å². The highest BCUT2D eigenvalue weighted by Gasteiger charge is 2.15. The number of nitrogens with zero attached hydrogens (tertiary/aromatic N) is 2. The van der Waals surface area contributed by atoms with Crippen molar-refractivity contribution < 1.29 is 13.9 Å². The Morgan fingerprint density at radius 3 is 3.00 bits per heavy atom. The van der Waals surface area contributed by atoms with E-state index in [1.54, 1.807) is 19.4 Å². The molecule has 0 aliphatic heterocycles. The van der Waals surface area contributed by atoms with Gasteiger partial charge in [-0.15, -0.1) is 0 Å². The van der Waals surface area contributed by atoms with E-state index in [9.17, 15) is 0 Å². The molecule has 1 N–H and O–H groups in total.